The molecule has 260 valence electrons. The molecule has 4 N–H and O–H groups in total. The van der Waals surface area contributed by atoms with Crippen molar-refractivity contribution in [3.63, 3.8) is 0 Å². The topological polar surface area (TPSA) is 155 Å². The van der Waals surface area contributed by atoms with E-state index in [1.165, 1.54) is 27.7 Å². The fourth-order valence-electron chi connectivity index (χ4n) is 4.05. The summed E-state index contributed by atoms with van der Waals surface area (Å²) < 4.78 is 0. The van der Waals surface area contributed by atoms with Crippen molar-refractivity contribution in [2.45, 2.75) is 154 Å². The molecule has 8 atom stereocenters. The molecule has 8 unspecified atom stereocenters. The van der Waals surface area contributed by atoms with Crippen LogP contribution in [0.1, 0.15) is 105 Å². The molecule has 0 aliphatic heterocycles. The maximum Gasteiger partial charge on any atom is 0.185 e. The van der Waals surface area contributed by atoms with E-state index in [-0.39, 0.29) is 48.3 Å². The van der Waals surface area contributed by atoms with Crippen molar-refractivity contribution in [3.8, 4) is 0 Å². The first-order valence-corrected chi connectivity index (χ1v) is 15.8. The van der Waals surface area contributed by atoms with E-state index in [4.69, 9.17) is 40.0 Å². The Kier molecular flexibility index (Phi) is 28.9. The minimum atomic E-state index is -0.842. The summed E-state index contributed by atoms with van der Waals surface area (Å²) in [6.07, 6.45) is 25.8. The van der Waals surface area contributed by atoms with Gasteiger partial charge in [0.15, 0.2) is 25.2 Å². The average molecular weight is 751 g/mol. The zero-order valence-electron chi connectivity index (χ0n) is 27.3. The molecule has 4 aliphatic carbocycles. The van der Waals surface area contributed by atoms with Gasteiger partial charge in [0.05, 0.1) is 0 Å². The Labute approximate surface area is 285 Å². The third-order valence-corrected chi connectivity index (χ3v) is 6.11. The Morgan fingerprint density at radius 3 is 0.756 bits per heavy atom. The van der Waals surface area contributed by atoms with E-state index < -0.39 is 25.2 Å². The van der Waals surface area contributed by atoms with Gasteiger partial charge in [-0.1, -0.05) is 48.6 Å². The van der Waals surface area contributed by atoms with Gasteiger partial charge in [-0.25, -0.2) is 39.1 Å². The number of hydrogen-bond acceptors (Lipinski definition) is 12. The van der Waals surface area contributed by atoms with Gasteiger partial charge in [0.2, 0.25) is 0 Å². The van der Waals surface area contributed by atoms with E-state index in [1.807, 2.05) is 24.3 Å². The van der Waals surface area contributed by atoms with Crippen LogP contribution >= 0.6 is 0 Å². The van der Waals surface area contributed by atoms with Crippen LogP contribution in [0, 0.1) is 0 Å². The van der Waals surface area contributed by atoms with Crippen molar-refractivity contribution >= 4 is 23.9 Å². The van der Waals surface area contributed by atoms with E-state index >= 15 is 0 Å². The van der Waals surface area contributed by atoms with Crippen LogP contribution in [0.5, 0.6) is 0 Å². The maximum absolute atomic E-state index is 8.71. The van der Waals surface area contributed by atoms with Gasteiger partial charge in [0.1, 0.15) is 24.4 Å². The summed E-state index contributed by atoms with van der Waals surface area (Å²) in [4.78, 5) is 38.0. The molecule has 13 heteroatoms. The number of aliphatic hydroxyl groups excluding tert-OH is 4. The zero-order chi connectivity index (χ0) is 32.4. The van der Waals surface area contributed by atoms with Gasteiger partial charge in [0.25, 0.3) is 0 Å². The van der Waals surface area contributed by atoms with Crippen LogP contribution in [0.4, 0.5) is 0 Å². The van der Waals surface area contributed by atoms with E-state index in [0.717, 1.165) is 77.0 Å². The van der Waals surface area contributed by atoms with Crippen molar-refractivity contribution in [2.24, 2.45) is 0 Å². The number of allylic oxidation sites excluding steroid dienone is 4. The van der Waals surface area contributed by atoms with Crippen LogP contribution in [-0.2, 0) is 39.1 Å². The molecule has 4 aliphatic rings. The van der Waals surface area contributed by atoms with Crippen LogP contribution < -0.4 is 0 Å². The molecule has 0 bridgehead atoms. The molecule has 0 amide bonds. The van der Waals surface area contributed by atoms with Crippen LogP contribution in [0.2, 0.25) is 0 Å². The third kappa shape index (κ3) is 28.0. The molecule has 4 rings (SSSR count). The Balaban J connectivity index is 0.000000569. The Morgan fingerprint density at radius 2 is 0.622 bits per heavy atom. The van der Waals surface area contributed by atoms with Gasteiger partial charge >= 0.3 is 0 Å². The minimum Gasteiger partial charge on any atom is -0.366 e. The molecular formula is C32H56O12Sn. The van der Waals surface area contributed by atoms with Crippen molar-refractivity contribution in [3.05, 3.63) is 48.6 Å². The maximum atomic E-state index is 8.71. The van der Waals surface area contributed by atoms with E-state index in [0.29, 0.717) is 0 Å². The van der Waals surface area contributed by atoms with Crippen LogP contribution in [-0.4, -0.2) is 93.9 Å². The van der Waals surface area contributed by atoms with E-state index in [1.54, 1.807) is 0 Å². The normalized spacial score (nSPS) is 26.3. The summed E-state index contributed by atoms with van der Waals surface area (Å²) in [5.41, 5.74) is 0. The molecule has 0 aromatic heterocycles. The molecule has 4 radical (unpaired) electrons. The fourth-order valence-corrected chi connectivity index (χ4v) is 4.05. The van der Waals surface area contributed by atoms with Gasteiger partial charge < -0.3 is 20.4 Å². The molecular weight excluding hydrogens is 695 g/mol. The molecule has 0 fully saturated rings. The minimum absolute atomic E-state index is 0. The molecule has 0 spiro atoms. The summed E-state index contributed by atoms with van der Waals surface area (Å²) in [5, 5.41) is 34.8. The van der Waals surface area contributed by atoms with Gasteiger partial charge in [-0.15, -0.1) is 0 Å². The first kappa shape index (κ1) is 44.3. The molecule has 45 heavy (non-hydrogen) atoms. The van der Waals surface area contributed by atoms with Gasteiger partial charge in [-0.05, 0) is 105 Å². The Morgan fingerprint density at radius 1 is 0.422 bits per heavy atom. The van der Waals surface area contributed by atoms with Crippen LogP contribution in [0.25, 0.3) is 0 Å². The van der Waals surface area contributed by atoms with Crippen LogP contribution in [0.15, 0.2) is 48.6 Å². The third-order valence-electron chi connectivity index (χ3n) is 6.11. The van der Waals surface area contributed by atoms with Gasteiger partial charge in [0, 0.05) is 23.9 Å². The summed E-state index contributed by atoms with van der Waals surface area (Å²) >= 11 is 0. The Bertz CT molecular complexity index is 660. The summed E-state index contributed by atoms with van der Waals surface area (Å²) in [7, 11) is 0. The first-order valence-electron chi connectivity index (χ1n) is 15.8. The first-order chi connectivity index (χ1) is 21.2. The smallest absolute Gasteiger partial charge is 0.185 e. The van der Waals surface area contributed by atoms with Gasteiger partial charge in [-0.3, -0.25) is 0 Å². The standard InChI is InChI=1S/4C8H14O3.Sn/c4*1-7(9)10-11-8-5-3-2-4-6-8;/h4*3,5,7-9H,2,4,6H2,1H3;. The second-order valence-corrected chi connectivity index (χ2v) is 10.8. The quantitative estimate of drug-likeness (QED) is 0.0686. The second kappa shape index (κ2) is 29.4. The monoisotopic (exact) mass is 752 g/mol. The molecule has 0 aromatic carbocycles. The van der Waals surface area contributed by atoms with Crippen molar-refractivity contribution in [1.82, 2.24) is 0 Å². The summed E-state index contributed by atoms with van der Waals surface area (Å²) in [6, 6.07) is 0. The van der Waals surface area contributed by atoms with Crippen molar-refractivity contribution in [1.29, 1.82) is 0 Å². The number of aliphatic hydroxyl groups is 4. The molecule has 0 saturated heterocycles. The predicted octanol–water partition coefficient (Wildman–Crippen LogP) is 5.15. The van der Waals surface area contributed by atoms with Gasteiger partial charge in [-0.2, -0.15) is 0 Å². The Hall–Kier alpha value is -0.721. The summed E-state index contributed by atoms with van der Waals surface area (Å²) in [5.74, 6) is 0. The largest absolute Gasteiger partial charge is 0.366 e. The van der Waals surface area contributed by atoms with Crippen LogP contribution in [0.3, 0.4) is 0 Å². The summed E-state index contributed by atoms with van der Waals surface area (Å²) in [6.45, 7) is 6.08. The second-order valence-electron chi connectivity index (χ2n) is 10.8. The predicted molar refractivity (Wildman–Crippen MR) is 168 cm³/mol. The number of hydrogen-bond donors (Lipinski definition) is 4. The number of rotatable bonds is 12. The molecule has 0 saturated carbocycles. The van der Waals surface area contributed by atoms with Crippen molar-refractivity contribution < 1.29 is 59.5 Å². The fraction of sp³-hybridized carbons (Fsp3) is 0.750. The van der Waals surface area contributed by atoms with Crippen molar-refractivity contribution in [2.75, 3.05) is 0 Å². The molecule has 0 aromatic rings. The molecule has 12 nitrogen and oxygen atoms in total. The zero-order valence-corrected chi connectivity index (χ0v) is 30.1. The average Bonchev–Trinajstić information content (AvgIpc) is 3.04. The van der Waals surface area contributed by atoms with E-state index in [2.05, 4.69) is 43.9 Å². The SMILES string of the molecule is CC(O)OOC1C=CCCC1.CC(O)OOC1C=CCCC1.CC(O)OOC1C=CCCC1.CC(O)OOC1C=CCCC1.[Sn]. The van der Waals surface area contributed by atoms with E-state index in [9.17, 15) is 0 Å². The molecule has 0 heterocycles.